The highest BCUT2D eigenvalue weighted by molar-refractivity contribution is 7.88. The van der Waals surface area contributed by atoms with Crippen molar-refractivity contribution in [1.82, 2.24) is 9.62 Å². The fourth-order valence-corrected chi connectivity index (χ4v) is 7.21. The maximum Gasteiger partial charge on any atom is 0.248 e. The van der Waals surface area contributed by atoms with Crippen molar-refractivity contribution in [2.75, 3.05) is 12.8 Å². The molecule has 0 aromatic heterocycles. The van der Waals surface area contributed by atoms with Crippen molar-refractivity contribution in [1.29, 1.82) is 0 Å². The summed E-state index contributed by atoms with van der Waals surface area (Å²) in [5.74, 6) is 0.570. The lowest BCUT2D eigenvalue weighted by Gasteiger charge is -2.40. The zero-order valence-electron chi connectivity index (χ0n) is 18.6. The maximum absolute atomic E-state index is 12.0. The molecule has 0 spiro atoms. The molecule has 2 heterocycles. The molecule has 172 valence electrons. The first-order valence-electron chi connectivity index (χ1n) is 11.9. The summed E-state index contributed by atoms with van der Waals surface area (Å²) in [6.07, 6.45) is 12.8. The molecule has 3 atom stereocenters. The van der Waals surface area contributed by atoms with Crippen LogP contribution in [-0.4, -0.2) is 50.2 Å². The van der Waals surface area contributed by atoms with Gasteiger partial charge in [-0.15, -0.1) is 0 Å². The van der Waals surface area contributed by atoms with E-state index < -0.39 is 10.0 Å². The zero-order valence-corrected chi connectivity index (χ0v) is 19.4. The lowest BCUT2D eigenvalue weighted by atomic mass is 9.82. The number of nitrogens with two attached hydrogens (primary N) is 1. The van der Waals surface area contributed by atoms with Crippen LogP contribution in [0.3, 0.4) is 0 Å². The number of carbonyl (C=O) groups excluding carboxylic acids is 1. The topological polar surface area (TPSA) is 92.5 Å². The maximum atomic E-state index is 12.0. The monoisotopic (exact) mass is 447 g/mol. The molecule has 3 fully saturated rings. The zero-order chi connectivity index (χ0) is 22.0. The molecule has 2 aliphatic heterocycles. The van der Waals surface area contributed by atoms with Crippen molar-refractivity contribution in [2.45, 2.75) is 88.3 Å². The second-order valence-electron chi connectivity index (χ2n) is 9.96. The van der Waals surface area contributed by atoms with Crippen LogP contribution >= 0.6 is 0 Å². The molecular formula is C24H37N3O3S. The molecule has 1 amide bonds. The summed E-state index contributed by atoms with van der Waals surface area (Å²) in [6.45, 7) is 0.965. The summed E-state index contributed by atoms with van der Waals surface area (Å²) in [6, 6.07) is 8.97. The number of nitrogens with zero attached hydrogens (tertiary/aromatic N) is 1. The molecule has 1 aromatic rings. The van der Waals surface area contributed by atoms with Gasteiger partial charge in [-0.1, -0.05) is 31.4 Å². The van der Waals surface area contributed by atoms with Crippen molar-refractivity contribution >= 4 is 15.9 Å². The molecule has 4 rings (SSSR count). The molecule has 1 aliphatic carbocycles. The average molecular weight is 448 g/mol. The van der Waals surface area contributed by atoms with Gasteiger partial charge in [-0.3, -0.25) is 9.69 Å². The predicted molar refractivity (Wildman–Crippen MR) is 123 cm³/mol. The second kappa shape index (κ2) is 9.59. The Kier molecular flexibility index (Phi) is 7.04. The predicted octanol–water partition coefficient (Wildman–Crippen LogP) is 3.38. The van der Waals surface area contributed by atoms with Crippen LogP contribution in [0.15, 0.2) is 24.3 Å². The van der Waals surface area contributed by atoms with Crippen LogP contribution in [0.2, 0.25) is 0 Å². The molecular weight excluding hydrogens is 410 g/mol. The van der Waals surface area contributed by atoms with Crippen LogP contribution in [0, 0.1) is 5.92 Å². The summed E-state index contributed by atoms with van der Waals surface area (Å²) in [7, 11) is -3.20. The number of nitrogens with one attached hydrogen (secondary N) is 1. The van der Waals surface area contributed by atoms with E-state index in [1.165, 1.54) is 43.9 Å². The number of hydrogen-bond acceptors (Lipinski definition) is 4. The van der Waals surface area contributed by atoms with Crippen molar-refractivity contribution in [3.05, 3.63) is 35.4 Å². The third kappa shape index (κ3) is 5.68. The molecule has 3 N–H and O–H groups in total. The number of sulfonamides is 1. The number of benzene rings is 1. The van der Waals surface area contributed by atoms with Crippen molar-refractivity contribution < 1.29 is 13.2 Å². The average Bonchev–Trinajstić information content (AvgIpc) is 2.98. The first-order valence-corrected chi connectivity index (χ1v) is 13.8. The van der Waals surface area contributed by atoms with E-state index in [9.17, 15) is 13.2 Å². The largest absolute Gasteiger partial charge is 0.366 e. The highest BCUT2D eigenvalue weighted by atomic mass is 32.2. The molecule has 1 saturated carbocycles. The highest BCUT2D eigenvalue weighted by Gasteiger charge is 2.41. The van der Waals surface area contributed by atoms with Crippen molar-refractivity contribution in [3.63, 3.8) is 0 Å². The Labute approximate surface area is 187 Å². The van der Waals surface area contributed by atoms with Gasteiger partial charge in [0.1, 0.15) is 0 Å². The summed E-state index contributed by atoms with van der Waals surface area (Å²) in [5.41, 5.74) is 7.30. The van der Waals surface area contributed by atoms with E-state index in [1.54, 1.807) is 6.07 Å². The van der Waals surface area contributed by atoms with Gasteiger partial charge in [0.2, 0.25) is 15.9 Å². The number of hydrogen-bond donors (Lipinski definition) is 2. The fraction of sp³-hybridized carbons (Fsp3) is 0.708. The number of carbonyl (C=O) groups is 1. The van der Waals surface area contributed by atoms with E-state index in [0.717, 1.165) is 38.6 Å². The van der Waals surface area contributed by atoms with Gasteiger partial charge in [0.05, 0.1) is 6.26 Å². The Morgan fingerprint density at radius 1 is 1.13 bits per heavy atom. The number of piperidine rings is 1. The van der Waals surface area contributed by atoms with Gasteiger partial charge in [-0.05, 0) is 74.5 Å². The lowest BCUT2D eigenvalue weighted by molar-refractivity contribution is 0.1000. The van der Waals surface area contributed by atoms with E-state index in [2.05, 4.69) is 15.7 Å². The quantitative estimate of drug-likeness (QED) is 0.639. The van der Waals surface area contributed by atoms with Gasteiger partial charge < -0.3 is 5.73 Å². The Morgan fingerprint density at radius 3 is 2.42 bits per heavy atom. The van der Waals surface area contributed by atoms with Crippen LogP contribution in [0.5, 0.6) is 0 Å². The normalized spacial score (nSPS) is 28.5. The summed E-state index contributed by atoms with van der Waals surface area (Å²) < 4.78 is 27.0. The van der Waals surface area contributed by atoms with E-state index in [-0.39, 0.29) is 11.9 Å². The third-order valence-corrected chi connectivity index (χ3v) is 8.54. The molecule has 2 saturated heterocycles. The summed E-state index contributed by atoms with van der Waals surface area (Å²) in [4.78, 5) is 14.2. The van der Waals surface area contributed by atoms with E-state index >= 15 is 0 Å². The SMILES string of the molecule is CS(=O)(=O)NC(CCN1[C@@H]2CC[C@@H]1CC(c1cccc(C(N)=O)c1)C2)C1CCCCC1. The van der Waals surface area contributed by atoms with Crippen LogP contribution in [0.25, 0.3) is 0 Å². The lowest BCUT2D eigenvalue weighted by Crippen LogP contribution is -2.47. The fourth-order valence-electron chi connectivity index (χ4n) is 6.35. The Balaban J connectivity index is 1.40. The van der Waals surface area contributed by atoms with Gasteiger partial charge >= 0.3 is 0 Å². The van der Waals surface area contributed by atoms with Crippen molar-refractivity contribution in [2.24, 2.45) is 11.7 Å². The minimum atomic E-state index is -3.20. The molecule has 7 heteroatoms. The van der Waals surface area contributed by atoms with Crippen molar-refractivity contribution in [3.8, 4) is 0 Å². The van der Waals surface area contributed by atoms with Crippen LogP contribution < -0.4 is 10.5 Å². The molecule has 0 radical (unpaired) electrons. The van der Waals surface area contributed by atoms with Crippen LogP contribution in [-0.2, 0) is 10.0 Å². The number of amides is 1. The Morgan fingerprint density at radius 2 is 1.81 bits per heavy atom. The number of fused-ring (bicyclic) bond motifs is 2. The Hall–Kier alpha value is -1.44. The van der Waals surface area contributed by atoms with Gasteiger partial charge in [0.15, 0.2) is 0 Å². The standard InChI is InChI=1S/C24H37N3O3S/c1-31(29,30)26-23(17-6-3-2-4-7-17)12-13-27-21-10-11-22(27)16-20(15-21)18-8-5-9-19(14-18)24(25)28/h5,8-9,14,17,20-23,26H,2-4,6-7,10-13,15-16H2,1H3,(H2,25,28)/t21-,22-,23?/m1/s1. The first kappa shape index (κ1) is 22.7. The second-order valence-corrected chi connectivity index (χ2v) is 11.7. The van der Waals surface area contributed by atoms with E-state index in [4.69, 9.17) is 5.73 Å². The van der Waals surface area contributed by atoms with Crippen LogP contribution in [0.1, 0.15) is 86.0 Å². The molecule has 31 heavy (non-hydrogen) atoms. The van der Waals surface area contributed by atoms with Gasteiger partial charge in [0.25, 0.3) is 0 Å². The smallest absolute Gasteiger partial charge is 0.248 e. The van der Waals surface area contributed by atoms with E-state index in [0.29, 0.717) is 29.5 Å². The van der Waals surface area contributed by atoms with Gasteiger partial charge in [0, 0.05) is 30.2 Å². The minimum absolute atomic E-state index is 0.0553. The van der Waals surface area contributed by atoms with Crippen LogP contribution in [0.4, 0.5) is 0 Å². The van der Waals surface area contributed by atoms with Gasteiger partial charge in [-0.25, -0.2) is 13.1 Å². The van der Waals surface area contributed by atoms with Gasteiger partial charge in [-0.2, -0.15) is 0 Å². The van der Waals surface area contributed by atoms with E-state index in [1.807, 2.05) is 12.1 Å². The summed E-state index contributed by atoms with van der Waals surface area (Å²) in [5, 5.41) is 0. The molecule has 6 nitrogen and oxygen atoms in total. The summed E-state index contributed by atoms with van der Waals surface area (Å²) >= 11 is 0. The number of primary amides is 1. The first-order chi connectivity index (χ1) is 14.8. The molecule has 3 aliphatic rings. The molecule has 1 unspecified atom stereocenters. The third-order valence-electron chi connectivity index (χ3n) is 7.81. The molecule has 1 aromatic carbocycles. The Bertz CT molecular complexity index is 868. The minimum Gasteiger partial charge on any atom is -0.366 e. The highest BCUT2D eigenvalue weighted by Crippen LogP contribution is 2.43. The molecule has 2 bridgehead atoms. The number of rotatable bonds is 8.